The van der Waals surface area contributed by atoms with E-state index in [1.165, 1.54) is 0 Å². The van der Waals surface area contributed by atoms with Crippen molar-refractivity contribution in [2.45, 2.75) is 32.2 Å². The lowest BCUT2D eigenvalue weighted by atomic mass is 9.96. The molecule has 1 aromatic carbocycles. The molecule has 1 aliphatic rings. The standard InChI is InChI=1S/C17H17N3O2/c21-17(16-13-6-2-4-8-15(13)20-22-16)18-10-12-9-11-5-1-3-7-14(11)19-12/h1,3,5,7,9,19H,2,4,6,8,10H2,(H,18,21). The smallest absolute Gasteiger partial charge is 0.290 e. The first-order valence-electron chi connectivity index (χ1n) is 7.63. The van der Waals surface area contributed by atoms with E-state index in [2.05, 4.69) is 15.5 Å². The Hall–Kier alpha value is -2.56. The molecule has 1 amide bonds. The maximum absolute atomic E-state index is 12.3. The molecule has 2 aromatic heterocycles. The van der Waals surface area contributed by atoms with Gasteiger partial charge in [0, 0.05) is 16.8 Å². The van der Waals surface area contributed by atoms with Crippen LogP contribution in [0.1, 0.15) is 40.3 Å². The summed E-state index contributed by atoms with van der Waals surface area (Å²) >= 11 is 0. The van der Waals surface area contributed by atoms with Gasteiger partial charge in [0.2, 0.25) is 5.76 Å². The molecule has 0 atom stereocenters. The maximum atomic E-state index is 12.3. The van der Waals surface area contributed by atoms with E-state index in [4.69, 9.17) is 4.52 Å². The number of aromatic amines is 1. The van der Waals surface area contributed by atoms with Crippen LogP contribution in [-0.2, 0) is 19.4 Å². The van der Waals surface area contributed by atoms with Crippen molar-refractivity contribution < 1.29 is 9.32 Å². The van der Waals surface area contributed by atoms with Crippen LogP contribution in [0.2, 0.25) is 0 Å². The third kappa shape index (κ3) is 2.28. The number of rotatable bonds is 3. The van der Waals surface area contributed by atoms with Gasteiger partial charge >= 0.3 is 0 Å². The number of carbonyl (C=O) groups is 1. The van der Waals surface area contributed by atoms with Gasteiger partial charge in [-0.15, -0.1) is 0 Å². The van der Waals surface area contributed by atoms with Gasteiger partial charge < -0.3 is 14.8 Å². The number of aromatic nitrogens is 2. The largest absolute Gasteiger partial charge is 0.357 e. The first-order chi connectivity index (χ1) is 10.8. The van der Waals surface area contributed by atoms with Crippen molar-refractivity contribution >= 4 is 16.8 Å². The minimum absolute atomic E-state index is 0.186. The number of carbonyl (C=O) groups excluding carboxylic acids is 1. The summed E-state index contributed by atoms with van der Waals surface area (Å²) in [5.41, 5.74) is 3.98. The predicted octanol–water partition coefficient (Wildman–Crippen LogP) is 2.96. The zero-order chi connectivity index (χ0) is 14.9. The minimum Gasteiger partial charge on any atom is -0.357 e. The third-order valence-electron chi connectivity index (χ3n) is 4.19. The number of H-pyrrole nitrogens is 1. The van der Waals surface area contributed by atoms with E-state index in [-0.39, 0.29) is 5.91 Å². The number of para-hydroxylation sites is 1. The van der Waals surface area contributed by atoms with E-state index in [0.29, 0.717) is 12.3 Å². The molecule has 2 heterocycles. The average Bonchev–Trinajstić information content (AvgIpc) is 3.16. The van der Waals surface area contributed by atoms with E-state index in [1.54, 1.807) is 0 Å². The Morgan fingerprint density at radius 2 is 2.14 bits per heavy atom. The Morgan fingerprint density at radius 3 is 3.05 bits per heavy atom. The summed E-state index contributed by atoms with van der Waals surface area (Å²) in [6.45, 7) is 0.447. The number of amides is 1. The summed E-state index contributed by atoms with van der Waals surface area (Å²) in [6.07, 6.45) is 4.01. The molecule has 4 rings (SSSR count). The van der Waals surface area contributed by atoms with Gasteiger partial charge in [-0.05, 0) is 43.2 Å². The normalized spacial score (nSPS) is 14.0. The van der Waals surface area contributed by atoms with Crippen LogP contribution in [0.3, 0.4) is 0 Å². The second-order valence-corrected chi connectivity index (χ2v) is 5.71. The lowest BCUT2D eigenvalue weighted by molar-refractivity contribution is 0.0912. The van der Waals surface area contributed by atoms with Crippen molar-refractivity contribution in [3.05, 3.63) is 53.0 Å². The number of nitrogens with zero attached hydrogens (tertiary/aromatic N) is 1. The zero-order valence-corrected chi connectivity index (χ0v) is 12.2. The molecule has 5 heteroatoms. The van der Waals surface area contributed by atoms with Crippen molar-refractivity contribution in [2.75, 3.05) is 0 Å². The number of fused-ring (bicyclic) bond motifs is 2. The molecule has 0 radical (unpaired) electrons. The monoisotopic (exact) mass is 295 g/mol. The van der Waals surface area contributed by atoms with Crippen LogP contribution >= 0.6 is 0 Å². The highest BCUT2D eigenvalue weighted by Gasteiger charge is 2.23. The topological polar surface area (TPSA) is 70.9 Å². The van der Waals surface area contributed by atoms with Crippen molar-refractivity contribution in [1.82, 2.24) is 15.5 Å². The molecule has 1 aliphatic carbocycles. The molecule has 0 aliphatic heterocycles. The summed E-state index contributed by atoms with van der Waals surface area (Å²) in [5.74, 6) is 0.195. The number of hydrogen-bond donors (Lipinski definition) is 2. The molecule has 0 fully saturated rings. The number of hydrogen-bond acceptors (Lipinski definition) is 3. The van der Waals surface area contributed by atoms with Crippen LogP contribution in [0.15, 0.2) is 34.9 Å². The van der Waals surface area contributed by atoms with Crippen LogP contribution in [0.5, 0.6) is 0 Å². The summed E-state index contributed by atoms with van der Waals surface area (Å²) in [7, 11) is 0. The summed E-state index contributed by atoms with van der Waals surface area (Å²) in [5, 5.41) is 8.07. The second-order valence-electron chi connectivity index (χ2n) is 5.71. The van der Waals surface area contributed by atoms with Gasteiger partial charge in [-0.2, -0.15) is 0 Å². The van der Waals surface area contributed by atoms with Gasteiger partial charge in [-0.1, -0.05) is 23.4 Å². The molecule has 112 valence electrons. The molecule has 3 aromatic rings. The fourth-order valence-electron chi connectivity index (χ4n) is 3.05. The molecule has 0 bridgehead atoms. The predicted molar refractivity (Wildman–Crippen MR) is 82.6 cm³/mol. The number of benzene rings is 1. The van der Waals surface area contributed by atoms with E-state index in [0.717, 1.165) is 53.5 Å². The fourth-order valence-corrected chi connectivity index (χ4v) is 3.05. The van der Waals surface area contributed by atoms with Crippen molar-refractivity contribution in [3.63, 3.8) is 0 Å². The van der Waals surface area contributed by atoms with E-state index in [1.807, 2.05) is 30.3 Å². The molecular weight excluding hydrogens is 278 g/mol. The second kappa shape index (κ2) is 5.33. The van der Waals surface area contributed by atoms with Gasteiger partial charge in [-0.25, -0.2) is 0 Å². The van der Waals surface area contributed by atoms with Crippen molar-refractivity contribution in [3.8, 4) is 0 Å². The molecule has 0 spiro atoms. The molecular formula is C17H17N3O2. The summed E-state index contributed by atoms with van der Waals surface area (Å²) in [6, 6.07) is 10.1. The molecule has 22 heavy (non-hydrogen) atoms. The van der Waals surface area contributed by atoms with Crippen molar-refractivity contribution in [1.29, 1.82) is 0 Å². The zero-order valence-electron chi connectivity index (χ0n) is 12.2. The van der Waals surface area contributed by atoms with Crippen molar-refractivity contribution in [2.24, 2.45) is 0 Å². The van der Waals surface area contributed by atoms with Gasteiger partial charge in [0.1, 0.15) is 0 Å². The Balaban J connectivity index is 1.49. The number of aryl methyl sites for hydroxylation is 1. The molecule has 0 saturated heterocycles. The fraction of sp³-hybridized carbons (Fsp3) is 0.294. The molecule has 0 saturated carbocycles. The van der Waals surface area contributed by atoms with Crippen LogP contribution < -0.4 is 5.32 Å². The lowest BCUT2D eigenvalue weighted by Gasteiger charge is -2.09. The maximum Gasteiger partial charge on any atom is 0.290 e. The van der Waals surface area contributed by atoms with Crippen LogP contribution in [-0.4, -0.2) is 16.0 Å². The Bertz CT molecular complexity index is 798. The Kier molecular flexibility index (Phi) is 3.18. The number of nitrogens with one attached hydrogen (secondary N) is 2. The summed E-state index contributed by atoms with van der Waals surface area (Å²) in [4.78, 5) is 15.6. The Morgan fingerprint density at radius 1 is 1.27 bits per heavy atom. The van der Waals surface area contributed by atoms with Gasteiger partial charge in [0.25, 0.3) is 5.91 Å². The third-order valence-corrected chi connectivity index (χ3v) is 4.19. The van der Waals surface area contributed by atoms with Gasteiger partial charge in [0.15, 0.2) is 0 Å². The summed E-state index contributed by atoms with van der Waals surface area (Å²) < 4.78 is 5.25. The van der Waals surface area contributed by atoms with Crippen LogP contribution in [0.4, 0.5) is 0 Å². The molecule has 2 N–H and O–H groups in total. The molecule has 0 unspecified atom stereocenters. The van der Waals surface area contributed by atoms with E-state index >= 15 is 0 Å². The van der Waals surface area contributed by atoms with E-state index in [9.17, 15) is 4.79 Å². The van der Waals surface area contributed by atoms with Gasteiger partial charge in [-0.3, -0.25) is 4.79 Å². The Labute approximate surface area is 127 Å². The first kappa shape index (κ1) is 13.1. The average molecular weight is 295 g/mol. The first-order valence-corrected chi connectivity index (χ1v) is 7.63. The highest BCUT2D eigenvalue weighted by molar-refractivity contribution is 5.93. The van der Waals surface area contributed by atoms with Gasteiger partial charge in [0.05, 0.1) is 12.2 Å². The minimum atomic E-state index is -0.186. The SMILES string of the molecule is O=C(NCc1cc2ccccc2[nH]1)c1onc2c1CCCC2. The highest BCUT2D eigenvalue weighted by Crippen LogP contribution is 2.23. The lowest BCUT2D eigenvalue weighted by Crippen LogP contribution is -2.24. The van der Waals surface area contributed by atoms with Crippen LogP contribution in [0.25, 0.3) is 10.9 Å². The van der Waals surface area contributed by atoms with Crippen LogP contribution in [0, 0.1) is 0 Å². The van der Waals surface area contributed by atoms with E-state index < -0.39 is 0 Å². The quantitative estimate of drug-likeness (QED) is 0.780. The molecule has 5 nitrogen and oxygen atoms in total. The highest BCUT2D eigenvalue weighted by atomic mass is 16.5.